The third-order valence-electron chi connectivity index (χ3n) is 3.60. The van der Waals surface area contributed by atoms with Crippen molar-refractivity contribution >= 4 is 12.0 Å². The summed E-state index contributed by atoms with van der Waals surface area (Å²) in [6.07, 6.45) is 4.72. The third-order valence-corrected chi connectivity index (χ3v) is 3.60. The maximum absolute atomic E-state index is 12.3. The Balaban J connectivity index is 2.27. The number of methoxy groups -OCH3 is 3. The van der Waals surface area contributed by atoms with Gasteiger partial charge in [-0.2, -0.15) is 5.26 Å². The molecule has 1 N–H and O–H groups in total. The van der Waals surface area contributed by atoms with Crippen molar-refractivity contribution in [2.24, 2.45) is 0 Å². The van der Waals surface area contributed by atoms with Gasteiger partial charge in [0.15, 0.2) is 11.5 Å². The normalized spacial score (nSPS) is 10.6. The molecule has 0 fully saturated rings. The van der Waals surface area contributed by atoms with Crippen LogP contribution in [0.25, 0.3) is 6.08 Å². The second-order valence-electron chi connectivity index (χ2n) is 5.16. The number of nitrogens with zero attached hydrogens (tertiary/aromatic N) is 2. The predicted molar refractivity (Wildman–Crippen MR) is 95.8 cm³/mol. The van der Waals surface area contributed by atoms with Crippen molar-refractivity contribution in [3.63, 3.8) is 0 Å². The summed E-state index contributed by atoms with van der Waals surface area (Å²) in [5.74, 6) is 0.926. The maximum Gasteiger partial charge on any atom is 0.262 e. The van der Waals surface area contributed by atoms with Gasteiger partial charge in [0.2, 0.25) is 0 Å². The quantitative estimate of drug-likeness (QED) is 0.606. The monoisotopic (exact) mass is 353 g/mol. The first-order valence-electron chi connectivity index (χ1n) is 7.71. The first-order chi connectivity index (χ1) is 12.6. The fourth-order valence-electron chi connectivity index (χ4n) is 2.25. The van der Waals surface area contributed by atoms with Gasteiger partial charge in [-0.05, 0) is 29.8 Å². The molecule has 1 aromatic heterocycles. The van der Waals surface area contributed by atoms with E-state index in [4.69, 9.17) is 14.2 Å². The smallest absolute Gasteiger partial charge is 0.262 e. The zero-order valence-electron chi connectivity index (χ0n) is 14.8. The van der Waals surface area contributed by atoms with E-state index in [1.54, 1.807) is 36.7 Å². The molecular formula is C19H19N3O4. The van der Waals surface area contributed by atoms with Gasteiger partial charge in [0.1, 0.15) is 17.4 Å². The van der Waals surface area contributed by atoms with Crippen LogP contribution in [0, 0.1) is 11.3 Å². The average molecular weight is 353 g/mol. The molecule has 2 rings (SSSR count). The molecule has 7 heteroatoms. The van der Waals surface area contributed by atoms with E-state index in [-0.39, 0.29) is 5.57 Å². The molecule has 1 aromatic carbocycles. The molecule has 1 amide bonds. The van der Waals surface area contributed by atoms with Gasteiger partial charge in [-0.3, -0.25) is 9.78 Å². The molecule has 0 spiro atoms. The molecule has 0 aliphatic carbocycles. The van der Waals surface area contributed by atoms with Crippen LogP contribution in [0.5, 0.6) is 17.2 Å². The molecule has 0 aliphatic rings. The number of hydrogen-bond acceptors (Lipinski definition) is 6. The Morgan fingerprint density at radius 3 is 2.31 bits per heavy atom. The molecule has 134 valence electrons. The molecule has 7 nitrogen and oxygen atoms in total. The van der Waals surface area contributed by atoms with Crippen LogP contribution < -0.4 is 19.5 Å². The summed E-state index contributed by atoms with van der Waals surface area (Å²) in [5, 5.41) is 12.1. The number of benzene rings is 1. The number of hydrogen-bond donors (Lipinski definition) is 1. The number of nitrogens with one attached hydrogen (secondary N) is 1. The lowest BCUT2D eigenvalue weighted by atomic mass is 10.1. The Kier molecular flexibility index (Phi) is 6.57. The first kappa shape index (κ1) is 18.8. The van der Waals surface area contributed by atoms with E-state index in [9.17, 15) is 10.1 Å². The summed E-state index contributed by atoms with van der Waals surface area (Å²) < 4.78 is 15.8. The van der Waals surface area contributed by atoms with Crippen LogP contribution in [-0.2, 0) is 11.3 Å². The zero-order chi connectivity index (χ0) is 18.9. The van der Waals surface area contributed by atoms with E-state index in [0.29, 0.717) is 29.4 Å². The van der Waals surface area contributed by atoms with Crippen molar-refractivity contribution in [1.29, 1.82) is 5.26 Å². The van der Waals surface area contributed by atoms with Crippen molar-refractivity contribution in [2.75, 3.05) is 21.3 Å². The van der Waals surface area contributed by atoms with E-state index in [2.05, 4.69) is 10.3 Å². The van der Waals surface area contributed by atoms with Gasteiger partial charge < -0.3 is 19.5 Å². The molecule has 26 heavy (non-hydrogen) atoms. The summed E-state index contributed by atoms with van der Waals surface area (Å²) in [4.78, 5) is 16.2. The number of aromatic nitrogens is 1. The maximum atomic E-state index is 12.3. The lowest BCUT2D eigenvalue weighted by Crippen LogP contribution is -2.23. The Labute approximate surface area is 151 Å². The minimum absolute atomic E-state index is 0.0513. The number of carbonyl (C=O) groups excluding carboxylic acids is 1. The number of pyridine rings is 1. The summed E-state index contributed by atoms with van der Waals surface area (Å²) in [5.41, 5.74) is 1.36. The van der Waals surface area contributed by atoms with Crippen LogP contribution in [-0.4, -0.2) is 32.2 Å². The fourth-order valence-corrected chi connectivity index (χ4v) is 2.25. The van der Waals surface area contributed by atoms with E-state index in [1.807, 2.05) is 6.07 Å². The number of nitriles is 1. The van der Waals surface area contributed by atoms with Crippen LogP contribution >= 0.6 is 0 Å². The van der Waals surface area contributed by atoms with Crippen molar-refractivity contribution in [2.45, 2.75) is 6.54 Å². The van der Waals surface area contributed by atoms with Gasteiger partial charge >= 0.3 is 0 Å². The number of rotatable bonds is 7. The van der Waals surface area contributed by atoms with Gasteiger partial charge in [-0.15, -0.1) is 0 Å². The fraction of sp³-hybridized carbons (Fsp3) is 0.211. The van der Waals surface area contributed by atoms with Crippen LogP contribution in [0.4, 0.5) is 0 Å². The molecule has 1 heterocycles. The van der Waals surface area contributed by atoms with Gasteiger partial charge in [-0.25, -0.2) is 0 Å². The molecule has 0 atom stereocenters. The lowest BCUT2D eigenvalue weighted by Gasteiger charge is -2.12. The van der Waals surface area contributed by atoms with Gasteiger partial charge in [0.25, 0.3) is 5.91 Å². The van der Waals surface area contributed by atoms with E-state index in [0.717, 1.165) is 5.56 Å². The molecule has 0 unspecified atom stereocenters. The van der Waals surface area contributed by atoms with E-state index >= 15 is 0 Å². The molecular weight excluding hydrogens is 334 g/mol. The topological polar surface area (TPSA) is 93.5 Å². The molecule has 0 bridgehead atoms. The minimum Gasteiger partial charge on any atom is -0.496 e. The SMILES string of the molecule is COc1cc(OC)c(OC)cc1/C=C(\C#N)C(=O)NCc1ccncc1. The molecule has 2 aromatic rings. The lowest BCUT2D eigenvalue weighted by molar-refractivity contribution is -0.117. The molecule has 0 saturated heterocycles. The standard InChI is InChI=1S/C19H19N3O4/c1-24-16-10-18(26-3)17(25-2)9-14(16)8-15(11-20)19(23)22-12-13-4-6-21-7-5-13/h4-10H,12H2,1-3H3,(H,22,23)/b15-8+. The van der Waals surface area contributed by atoms with E-state index < -0.39 is 5.91 Å². The summed E-state index contributed by atoms with van der Waals surface area (Å²) in [7, 11) is 4.51. The summed E-state index contributed by atoms with van der Waals surface area (Å²) in [6, 6.07) is 8.76. The zero-order valence-corrected chi connectivity index (χ0v) is 14.8. The van der Waals surface area contributed by atoms with Crippen molar-refractivity contribution < 1.29 is 19.0 Å². The Hall–Kier alpha value is -3.53. The highest BCUT2D eigenvalue weighted by atomic mass is 16.5. The Morgan fingerprint density at radius 1 is 1.12 bits per heavy atom. The average Bonchev–Trinajstić information content (AvgIpc) is 2.70. The first-order valence-corrected chi connectivity index (χ1v) is 7.71. The summed E-state index contributed by atoms with van der Waals surface area (Å²) in [6.45, 7) is 0.295. The van der Waals surface area contributed by atoms with Crippen molar-refractivity contribution in [1.82, 2.24) is 10.3 Å². The predicted octanol–water partition coefficient (Wildman–Crippen LogP) is 2.33. The Bertz CT molecular complexity index is 842. The van der Waals surface area contributed by atoms with Gasteiger partial charge in [0, 0.05) is 30.6 Å². The van der Waals surface area contributed by atoms with Crippen LogP contribution in [0.1, 0.15) is 11.1 Å². The highest BCUT2D eigenvalue weighted by Crippen LogP contribution is 2.35. The number of carbonyl (C=O) groups is 1. The van der Waals surface area contributed by atoms with Crippen molar-refractivity contribution in [3.05, 3.63) is 53.4 Å². The second kappa shape index (κ2) is 9.08. The highest BCUT2D eigenvalue weighted by molar-refractivity contribution is 6.02. The summed E-state index contributed by atoms with van der Waals surface area (Å²) >= 11 is 0. The van der Waals surface area contributed by atoms with Crippen LogP contribution in [0.2, 0.25) is 0 Å². The highest BCUT2D eigenvalue weighted by Gasteiger charge is 2.14. The van der Waals surface area contributed by atoms with Crippen LogP contribution in [0.15, 0.2) is 42.2 Å². The van der Waals surface area contributed by atoms with Crippen LogP contribution in [0.3, 0.4) is 0 Å². The number of amides is 1. The minimum atomic E-state index is -0.485. The molecule has 0 aliphatic heterocycles. The van der Waals surface area contributed by atoms with Gasteiger partial charge in [-0.1, -0.05) is 0 Å². The van der Waals surface area contributed by atoms with Crippen molar-refractivity contribution in [3.8, 4) is 23.3 Å². The second-order valence-corrected chi connectivity index (χ2v) is 5.16. The molecule has 0 radical (unpaired) electrons. The molecule has 0 saturated carbocycles. The Morgan fingerprint density at radius 2 is 1.73 bits per heavy atom. The van der Waals surface area contributed by atoms with Gasteiger partial charge in [0.05, 0.1) is 21.3 Å². The number of ether oxygens (including phenoxy) is 3. The third kappa shape index (κ3) is 4.51. The van der Waals surface area contributed by atoms with E-state index in [1.165, 1.54) is 27.4 Å². The largest absolute Gasteiger partial charge is 0.496 e.